The van der Waals surface area contributed by atoms with Gasteiger partial charge in [-0.25, -0.2) is 4.68 Å². The molecule has 0 saturated carbocycles. The number of hydrogen-bond acceptors (Lipinski definition) is 5. The Morgan fingerprint density at radius 2 is 2.36 bits per heavy atom. The zero-order valence-electron chi connectivity index (χ0n) is 8.06. The van der Waals surface area contributed by atoms with Gasteiger partial charge in [-0.3, -0.25) is 10.1 Å². The van der Waals surface area contributed by atoms with Crippen molar-refractivity contribution in [1.82, 2.24) is 9.78 Å². The van der Waals surface area contributed by atoms with Gasteiger partial charge >= 0.3 is 11.6 Å². The van der Waals surface area contributed by atoms with Crippen molar-refractivity contribution < 1.29 is 9.76 Å². The summed E-state index contributed by atoms with van der Waals surface area (Å²) >= 11 is 0. The van der Waals surface area contributed by atoms with E-state index in [1.807, 2.05) is 6.92 Å². The van der Waals surface area contributed by atoms with Crippen molar-refractivity contribution in [2.45, 2.75) is 19.8 Å². The molecule has 0 saturated heterocycles. The van der Waals surface area contributed by atoms with Crippen molar-refractivity contribution >= 4 is 5.69 Å². The van der Waals surface area contributed by atoms with Crippen molar-refractivity contribution in [2.24, 2.45) is 12.9 Å². The zero-order chi connectivity index (χ0) is 10.7. The molecule has 14 heavy (non-hydrogen) atoms. The lowest BCUT2D eigenvalue weighted by Crippen LogP contribution is -2.08. The van der Waals surface area contributed by atoms with E-state index in [1.165, 1.54) is 4.68 Å². The molecule has 1 rings (SSSR count). The largest absolute Gasteiger partial charge is 0.384 e. The van der Waals surface area contributed by atoms with Crippen LogP contribution >= 0.6 is 0 Å². The molecule has 1 aromatic rings. The Labute approximate surface area is 80.6 Å². The molecule has 0 fully saturated rings. The van der Waals surface area contributed by atoms with Gasteiger partial charge < -0.3 is 4.84 Å². The second-order valence-corrected chi connectivity index (χ2v) is 2.85. The van der Waals surface area contributed by atoms with E-state index in [0.29, 0.717) is 12.1 Å². The lowest BCUT2D eigenvalue weighted by Gasteiger charge is -1.96. The fourth-order valence-corrected chi connectivity index (χ4v) is 1.27. The zero-order valence-corrected chi connectivity index (χ0v) is 8.06. The molecule has 0 unspecified atom stereocenters. The smallest absolute Gasteiger partial charge is 0.355 e. The summed E-state index contributed by atoms with van der Waals surface area (Å²) in [5.74, 6) is 4.92. The molecular formula is C7H12N4O3. The average Bonchev–Trinajstić information content (AvgIpc) is 2.42. The van der Waals surface area contributed by atoms with Crippen LogP contribution in [0.1, 0.15) is 19.0 Å². The molecule has 0 atom stereocenters. The van der Waals surface area contributed by atoms with Crippen LogP contribution in [0.4, 0.5) is 5.69 Å². The normalized spacial score (nSPS) is 10.2. The topological polar surface area (TPSA) is 96.2 Å². The minimum absolute atomic E-state index is 0.0153. The number of aryl methyl sites for hydroxylation is 2. The maximum absolute atomic E-state index is 10.7. The van der Waals surface area contributed by atoms with Crippen LogP contribution < -0.4 is 10.7 Å². The molecule has 1 aromatic heterocycles. The first-order chi connectivity index (χ1) is 6.61. The molecular weight excluding hydrogens is 188 g/mol. The van der Waals surface area contributed by atoms with Crippen molar-refractivity contribution in [2.75, 3.05) is 0 Å². The van der Waals surface area contributed by atoms with E-state index in [4.69, 9.17) is 5.90 Å². The summed E-state index contributed by atoms with van der Waals surface area (Å²) in [5.41, 5.74) is 0.261. The SMILES string of the molecule is CCCc1nn(C)c(ON)c1[N+](=O)[O-]. The van der Waals surface area contributed by atoms with Crippen LogP contribution in [-0.4, -0.2) is 14.7 Å². The number of nitro groups is 1. The fraction of sp³-hybridized carbons (Fsp3) is 0.571. The highest BCUT2D eigenvalue weighted by Crippen LogP contribution is 2.29. The fourth-order valence-electron chi connectivity index (χ4n) is 1.27. The summed E-state index contributed by atoms with van der Waals surface area (Å²) in [6, 6.07) is 0. The molecule has 0 amide bonds. The summed E-state index contributed by atoms with van der Waals surface area (Å²) in [6.07, 6.45) is 1.31. The van der Waals surface area contributed by atoms with Crippen LogP contribution in [-0.2, 0) is 13.5 Å². The van der Waals surface area contributed by atoms with Crippen LogP contribution in [0.15, 0.2) is 0 Å². The van der Waals surface area contributed by atoms with E-state index in [-0.39, 0.29) is 11.6 Å². The van der Waals surface area contributed by atoms with Gasteiger partial charge in [0.2, 0.25) is 0 Å². The summed E-state index contributed by atoms with van der Waals surface area (Å²) in [7, 11) is 1.55. The van der Waals surface area contributed by atoms with Gasteiger partial charge in [0, 0.05) is 7.05 Å². The lowest BCUT2D eigenvalue weighted by atomic mass is 10.2. The average molecular weight is 200 g/mol. The summed E-state index contributed by atoms with van der Waals surface area (Å²) < 4.78 is 1.27. The third kappa shape index (κ3) is 1.67. The van der Waals surface area contributed by atoms with E-state index < -0.39 is 4.92 Å². The maximum atomic E-state index is 10.7. The van der Waals surface area contributed by atoms with Crippen LogP contribution in [0.5, 0.6) is 5.88 Å². The molecule has 0 bridgehead atoms. The molecule has 7 nitrogen and oxygen atoms in total. The summed E-state index contributed by atoms with van der Waals surface area (Å²) in [5, 5.41) is 14.7. The lowest BCUT2D eigenvalue weighted by molar-refractivity contribution is -0.386. The number of aromatic nitrogens is 2. The van der Waals surface area contributed by atoms with Gasteiger partial charge in [-0.1, -0.05) is 13.3 Å². The van der Waals surface area contributed by atoms with Gasteiger partial charge in [0.1, 0.15) is 5.69 Å². The Bertz CT molecular complexity index is 347. The van der Waals surface area contributed by atoms with Crippen molar-refractivity contribution in [3.63, 3.8) is 0 Å². The first-order valence-electron chi connectivity index (χ1n) is 4.18. The predicted molar refractivity (Wildman–Crippen MR) is 48.7 cm³/mol. The summed E-state index contributed by atoms with van der Waals surface area (Å²) in [4.78, 5) is 14.6. The minimum atomic E-state index is -0.528. The molecule has 78 valence electrons. The molecule has 0 aliphatic rings. The standard InChI is InChI=1S/C7H12N4O3/c1-3-4-5-6(11(12)13)7(14-8)10(2)9-5/h3-4,8H2,1-2H3. The Morgan fingerprint density at radius 3 is 2.79 bits per heavy atom. The highest BCUT2D eigenvalue weighted by molar-refractivity contribution is 5.46. The molecule has 1 heterocycles. The second-order valence-electron chi connectivity index (χ2n) is 2.85. The van der Waals surface area contributed by atoms with Crippen LogP contribution in [0, 0.1) is 10.1 Å². The molecule has 0 aromatic carbocycles. The third-order valence-electron chi connectivity index (χ3n) is 1.82. The van der Waals surface area contributed by atoms with E-state index in [9.17, 15) is 10.1 Å². The highest BCUT2D eigenvalue weighted by atomic mass is 16.6. The van der Waals surface area contributed by atoms with E-state index in [2.05, 4.69) is 9.94 Å². The van der Waals surface area contributed by atoms with Crippen LogP contribution in [0.25, 0.3) is 0 Å². The summed E-state index contributed by atoms with van der Waals surface area (Å²) in [6.45, 7) is 1.92. The number of nitrogens with two attached hydrogens (primary N) is 1. The first-order valence-corrected chi connectivity index (χ1v) is 4.18. The van der Waals surface area contributed by atoms with Crippen LogP contribution in [0.3, 0.4) is 0 Å². The molecule has 0 spiro atoms. The van der Waals surface area contributed by atoms with Crippen molar-refractivity contribution in [3.8, 4) is 5.88 Å². The number of nitrogens with zero attached hydrogens (tertiary/aromatic N) is 3. The van der Waals surface area contributed by atoms with Crippen LogP contribution in [0.2, 0.25) is 0 Å². The molecule has 7 heteroatoms. The maximum Gasteiger partial charge on any atom is 0.355 e. The van der Waals surface area contributed by atoms with Gasteiger partial charge in [-0.05, 0) is 6.42 Å². The van der Waals surface area contributed by atoms with Gasteiger partial charge in [0.15, 0.2) is 0 Å². The molecule has 0 aliphatic heterocycles. The van der Waals surface area contributed by atoms with Crippen molar-refractivity contribution in [1.29, 1.82) is 0 Å². The predicted octanol–water partition coefficient (Wildman–Crippen LogP) is 0.533. The Morgan fingerprint density at radius 1 is 1.71 bits per heavy atom. The quantitative estimate of drug-likeness (QED) is 0.565. The van der Waals surface area contributed by atoms with Gasteiger partial charge in [0.25, 0.3) is 0 Å². The number of hydrogen-bond donors (Lipinski definition) is 1. The Balaban J connectivity index is 3.22. The van der Waals surface area contributed by atoms with Gasteiger partial charge in [-0.2, -0.15) is 11.0 Å². The molecule has 0 aliphatic carbocycles. The third-order valence-corrected chi connectivity index (χ3v) is 1.82. The van der Waals surface area contributed by atoms with E-state index >= 15 is 0 Å². The Hall–Kier alpha value is -1.63. The monoisotopic (exact) mass is 200 g/mol. The Kier molecular flexibility index (Phi) is 3.03. The highest BCUT2D eigenvalue weighted by Gasteiger charge is 2.27. The molecule has 2 N–H and O–H groups in total. The molecule has 0 radical (unpaired) electrons. The van der Waals surface area contributed by atoms with Gasteiger partial charge in [-0.15, -0.1) is 0 Å². The number of rotatable bonds is 4. The van der Waals surface area contributed by atoms with Gasteiger partial charge in [0.05, 0.1) is 4.92 Å². The first kappa shape index (κ1) is 10.5. The minimum Gasteiger partial charge on any atom is -0.384 e. The van der Waals surface area contributed by atoms with E-state index in [0.717, 1.165) is 6.42 Å². The van der Waals surface area contributed by atoms with E-state index in [1.54, 1.807) is 7.05 Å². The van der Waals surface area contributed by atoms with Crippen molar-refractivity contribution in [3.05, 3.63) is 15.8 Å². The second kappa shape index (κ2) is 4.05.